The summed E-state index contributed by atoms with van der Waals surface area (Å²) in [5, 5.41) is 0. The predicted octanol–water partition coefficient (Wildman–Crippen LogP) is 5.43. The van der Waals surface area contributed by atoms with Gasteiger partial charge in [0.1, 0.15) is 28.8 Å². The Morgan fingerprint density at radius 2 is 1.42 bits per heavy atom. The van der Waals surface area contributed by atoms with Gasteiger partial charge in [-0.15, -0.1) is 0 Å². The average Bonchev–Trinajstić information content (AvgIpc) is 2.75. The Hall–Kier alpha value is -3.06. The number of benzene rings is 3. The van der Waals surface area contributed by atoms with Crippen molar-refractivity contribution in [3.05, 3.63) is 95.1 Å². The fraction of sp³-hybridized carbons (Fsp3) is 0.269. The Balaban J connectivity index is 1.61. The van der Waals surface area contributed by atoms with Gasteiger partial charge < -0.3 is 4.74 Å². The van der Waals surface area contributed by atoms with E-state index >= 15 is 0 Å². The standard InChI is InChI=1S/C26H26F2O4S/c1-4-33(30,31)23-12-7-19(8-13-23)16-21(29)15-18-5-10-22(11-6-18)32-26(2,3)24-14-9-20(27)17-25(24)28/h5-14,17H,4,15-16H2,1-3H3. The van der Waals surface area contributed by atoms with Gasteiger partial charge in [-0.05, 0) is 61.4 Å². The zero-order valence-corrected chi connectivity index (χ0v) is 19.6. The van der Waals surface area contributed by atoms with Crippen molar-refractivity contribution in [2.75, 3.05) is 5.75 Å². The second-order valence-corrected chi connectivity index (χ2v) is 10.6. The first-order chi connectivity index (χ1) is 15.5. The second kappa shape index (κ2) is 9.83. The van der Waals surface area contributed by atoms with Crippen molar-refractivity contribution in [3.63, 3.8) is 0 Å². The summed E-state index contributed by atoms with van der Waals surface area (Å²) >= 11 is 0. The van der Waals surface area contributed by atoms with Crippen LogP contribution >= 0.6 is 0 Å². The van der Waals surface area contributed by atoms with Gasteiger partial charge >= 0.3 is 0 Å². The number of carbonyl (C=O) groups excluding carboxylic acids is 1. The van der Waals surface area contributed by atoms with E-state index in [1.165, 1.54) is 24.3 Å². The van der Waals surface area contributed by atoms with Gasteiger partial charge in [-0.1, -0.05) is 31.2 Å². The number of carbonyl (C=O) groups is 1. The number of sulfone groups is 1. The molecule has 174 valence electrons. The number of ether oxygens (including phenoxy) is 1. The summed E-state index contributed by atoms with van der Waals surface area (Å²) < 4.78 is 57.0. The highest BCUT2D eigenvalue weighted by atomic mass is 32.2. The fourth-order valence-corrected chi connectivity index (χ4v) is 4.39. The Morgan fingerprint density at radius 3 is 1.94 bits per heavy atom. The van der Waals surface area contributed by atoms with Gasteiger partial charge in [-0.2, -0.15) is 0 Å². The van der Waals surface area contributed by atoms with E-state index < -0.39 is 27.1 Å². The molecule has 0 fully saturated rings. The molecule has 0 saturated heterocycles. The summed E-state index contributed by atoms with van der Waals surface area (Å²) in [7, 11) is -3.27. The molecule has 0 aliphatic heterocycles. The zero-order valence-electron chi connectivity index (χ0n) is 18.8. The monoisotopic (exact) mass is 472 g/mol. The minimum absolute atomic E-state index is 0.0107. The van der Waals surface area contributed by atoms with E-state index in [0.29, 0.717) is 5.75 Å². The lowest BCUT2D eigenvalue weighted by atomic mass is 9.97. The van der Waals surface area contributed by atoms with Gasteiger partial charge in [0, 0.05) is 24.5 Å². The van der Waals surface area contributed by atoms with Gasteiger partial charge in [-0.3, -0.25) is 4.79 Å². The molecule has 3 rings (SSSR count). The molecular weight excluding hydrogens is 446 g/mol. The normalized spacial score (nSPS) is 11.9. The van der Waals surface area contributed by atoms with Gasteiger partial charge in [0.25, 0.3) is 0 Å². The van der Waals surface area contributed by atoms with Gasteiger partial charge in [-0.25, -0.2) is 17.2 Å². The van der Waals surface area contributed by atoms with Crippen LogP contribution in [0.4, 0.5) is 8.78 Å². The molecule has 0 N–H and O–H groups in total. The molecule has 3 aromatic carbocycles. The van der Waals surface area contributed by atoms with E-state index in [1.54, 1.807) is 57.2 Å². The van der Waals surface area contributed by atoms with Crippen molar-refractivity contribution in [2.24, 2.45) is 0 Å². The van der Waals surface area contributed by atoms with E-state index in [9.17, 15) is 22.0 Å². The highest BCUT2D eigenvalue weighted by molar-refractivity contribution is 7.91. The van der Waals surface area contributed by atoms with Gasteiger partial charge in [0.2, 0.25) is 0 Å². The molecule has 0 heterocycles. The van der Waals surface area contributed by atoms with Gasteiger partial charge in [0.05, 0.1) is 10.6 Å². The van der Waals surface area contributed by atoms with E-state index in [1.807, 2.05) is 0 Å². The van der Waals surface area contributed by atoms with Crippen LogP contribution in [-0.4, -0.2) is 20.0 Å². The Kier molecular flexibility index (Phi) is 7.32. The molecule has 3 aromatic rings. The first kappa shape index (κ1) is 24.6. The maximum atomic E-state index is 14.1. The number of halogens is 2. The van der Waals surface area contributed by atoms with Crippen LogP contribution in [0.2, 0.25) is 0 Å². The number of ketones is 1. The van der Waals surface area contributed by atoms with Crippen molar-refractivity contribution >= 4 is 15.6 Å². The number of rotatable bonds is 9. The third kappa shape index (κ3) is 6.26. The Labute approximate surface area is 193 Å². The van der Waals surface area contributed by atoms with Crippen LogP contribution in [0, 0.1) is 11.6 Å². The van der Waals surface area contributed by atoms with Crippen molar-refractivity contribution < 1.29 is 26.7 Å². The third-order valence-corrected chi connectivity index (χ3v) is 7.09. The summed E-state index contributed by atoms with van der Waals surface area (Å²) in [4.78, 5) is 12.7. The van der Waals surface area contributed by atoms with Crippen molar-refractivity contribution in [1.29, 1.82) is 0 Å². The minimum atomic E-state index is -3.27. The molecule has 0 atom stereocenters. The van der Waals surface area contributed by atoms with Crippen LogP contribution in [-0.2, 0) is 33.1 Å². The molecule has 0 spiro atoms. The summed E-state index contributed by atoms with van der Waals surface area (Å²) in [5.41, 5.74) is 0.759. The lowest BCUT2D eigenvalue weighted by Crippen LogP contribution is -2.26. The average molecular weight is 473 g/mol. The van der Waals surface area contributed by atoms with Crippen LogP contribution < -0.4 is 4.74 Å². The summed E-state index contributed by atoms with van der Waals surface area (Å²) in [6.45, 7) is 4.97. The summed E-state index contributed by atoms with van der Waals surface area (Å²) in [6.07, 6.45) is 0.410. The van der Waals surface area contributed by atoms with E-state index in [-0.39, 0.29) is 34.8 Å². The number of hydrogen-bond donors (Lipinski definition) is 0. The summed E-state index contributed by atoms with van der Waals surface area (Å²) in [5.74, 6) is -0.817. The molecule has 7 heteroatoms. The van der Waals surface area contributed by atoms with Crippen LogP contribution in [0.3, 0.4) is 0 Å². The molecule has 0 saturated carbocycles. The lowest BCUT2D eigenvalue weighted by Gasteiger charge is -2.27. The van der Waals surface area contributed by atoms with Crippen LogP contribution in [0.5, 0.6) is 5.75 Å². The molecular formula is C26H26F2O4S. The zero-order chi connectivity index (χ0) is 24.2. The Bertz CT molecular complexity index is 1230. The highest BCUT2D eigenvalue weighted by Gasteiger charge is 2.26. The topological polar surface area (TPSA) is 60.4 Å². The number of hydrogen-bond acceptors (Lipinski definition) is 4. The van der Waals surface area contributed by atoms with Crippen LogP contribution in [0.1, 0.15) is 37.5 Å². The molecule has 4 nitrogen and oxygen atoms in total. The van der Waals surface area contributed by atoms with Gasteiger partial charge in [0.15, 0.2) is 9.84 Å². The number of Topliss-reactive ketones (excluding diaryl/α,β-unsaturated/α-hetero) is 1. The smallest absolute Gasteiger partial charge is 0.178 e. The Morgan fingerprint density at radius 1 is 0.879 bits per heavy atom. The molecule has 0 amide bonds. The van der Waals surface area contributed by atoms with Crippen molar-refractivity contribution in [1.82, 2.24) is 0 Å². The van der Waals surface area contributed by atoms with Crippen molar-refractivity contribution in [3.8, 4) is 5.75 Å². The second-order valence-electron chi connectivity index (χ2n) is 8.32. The maximum Gasteiger partial charge on any atom is 0.178 e. The minimum Gasteiger partial charge on any atom is -0.483 e. The molecule has 0 aromatic heterocycles. The molecule has 0 unspecified atom stereocenters. The van der Waals surface area contributed by atoms with E-state index in [2.05, 4.69) is 0 Å². The molecule has 0 aliphatic rings. The molecule has 0 bridgehead atoms. The molecule has 0 radical (unpaired) electrons. The fourth-order valence-electron chi connectivity index (χ4n) is 3.50. The summed E-state index contributed by atoms with van der Waals surface area (Å²) in [6, 6.07) is 16.7. The first-order valence-electron chi connectivity index (χ1n) is 10.6. The maximum absolute atomic E-state index is 14.1. The predicted molar refractivity (Wildman–Crippen MR) is 123 cm³/mol. The first-order valence-corrected chi connectivity index (χ1v) is 12.2. The van der Waals surface area contributed by atoms with Crippen LogP contribution in [0.15, 0.2) is 71.6 Å². The molecule has 0 aliphatic carbocycles. The van der Waals surface area contributed by atoms with Crippen molar-refractivity contribution in [2.45, 2.75) is 44.1 Å². The third-order valence-electron chi connectivity index (χ3n) is 5.34. The highest BCUT2D eigenvalue weighted by Crippen LogP contribution is 2.30. The largest absolute Gasteiger partial charge is 0.483 e. The lowest BCUT2D eigenvalue weighted by molar-refractivity contribution is -0.117. The van der Waals surface area contributed by atoms with Crippen LogP contribution in [0.25, 0.3) is 0 Å². The quantitative estimate of drug-likeness (QED) is 0.417. The molecule has 33 heavy (non-hydrogen) atoms. The van der Waals surface area contributed by atoms with E-state index in [0.717, 1.165) is 17.2 Å². The SMILES string of the molecule is CCS(=O)(=O)c1ccc(CC(=O)Cc2ccc(OC(C)(C)c3ccc(F)cc3F)cc2)cc1. The van der Waals surface area contributed by atoms with E-state index in [4.69, 9.17) is 4.74 Å².